The highest BCUT2D eigenvalue weighted by Gasteiger charge is 2.15. The van der Waals surface area contributed by atoms with Crippen molar-refractivity contribution >= 4 is 5.91 Å². The molecule has 0 radical (unpaired) electrons. The number of amides is 1. The summed E-state index contributed by atoms with van der Waals surface area (Å²) in [7, 11) is 0. The van der Waals surface area contributed by atoms with E-state index in [0.717, 1.165) is 23.4 Å². The van der Waals surface area contributed by atoms with Crippen molar-refractivity contribution in [1.82, 2.24) is 15.3 Å². The average molecular weight is 271 g/mol. The Morgan fingerprint density at radius 3 is 2.85 bits per heavy atom. The highest BCUT2D eigenvalue weighted by molar-refractivity contribution is 5.79. The molecule has 1 heterocycles. The fourth-order valence-corrected chi connectivity index (χ4v) is 2.24. The van der Waals surface area contributed by atoms with Gasteiger partial charge in [0.05, 0.1) is 12.5 Å². The number of hydrogen-bond donors (Lipinski definition) is 2. The van der Waals surface area contributed by atoms with Gasteiger partial charge in [0.2, 0.25) is 5.91 Å². The molecule has 1 amide bonds. The van der Waals surface area contributed by atoms with Gasteiger partial charge in [-0.1, -0.05) is 30.7 Å². The van der Waals surface area contributed by atoms with Crippen LogP contribution in [0.5, 0.6) is 0 Å². The first-order valence-electron chi connectivity index (χ1n) is 6.95. The lowest BCUT2D eigenvalue weighted by Crippen LogP contribution is -2.30. The molecular formula is C16H21N3O. The van der Waals surface area contributed by atoms with Crippen molar-refractivity contribution in [3.63, 3.8) is 0 Å². The van der Waals surface area contributed by atoms with Crippen LogP contribution in [-0.4, -0.2) is 15.9 Å². The van der Waals surface area contributed by atoms with Gasteiger partial charge in [-0.15, -0.1) is 0 Å². The largest absolute Gasteiger partial charge is 0.347 e. The molecule has 0 saturated heterocycles. The second-order valence-corrected chi connectivity index (χ2v) is 5.11. The van der Waals surface area contributed by atoms with Crippen LogP contribution in [0.3, 0.4) is 0 Å². The Bertz CT molecular complexity index is 575. The molecule has 1 aromatic heterocycles. The van der Waals surface area contributed by atoms with E-state index in [1.54, 1.807) is 12.4 Å². The molecule has 0 aliphatic carbocycles. The highest BCUT2D eigenvalue weighted by Crippen LogP contribution is 2.14. The van der Waals surface area contributed by atoms with Gasteiger partial charge in [0.25, 0.3) is 0 Å². The first kappa shape index (κ1) is 14.3. The van der Waals surface area contributed by atoms with E-state index in [1.165, 1.54) is 5.56 Å². The minimum atomic E-state index is -0.0531. The zero-order valence-electron chi connectivity index (χ0n) is 12.2. The molecule has 106 valence electrons. The lowest BCUT2D eigenvalue weighted by atomic mass is 10.0. The lowest BCUT2D eigenvalue weighted by Gasteiger charge is -2.15. The molecule has 0 aliphatic heterocycles. The third-order valence-electron chi connectivity index (χ3n) is 3.45. The predicted molar refractivity (Wildman–Crippen MR) is 79.4 cm³/mol. The van der Waals surface area contributed by atoms with E-state index in [2.05, 4.69) is 33.5 Å². The van der Waals surface area contributed by atoms with Crippen LogP contribution in [-0.2, 0) is 11.2 Å². The molecule has 2 aromatic rings. The molecule has 1 aromatic carbocycles. The third kappa shape index (κ3) is 3.47. The van der Waals surface area contributed by atoms with Gasteiger partial charge in [-0.3, -0.25) is 4.79 Å². The minimum absolute atomic E-state index is 0.0296. The monoisotopic (exact) mass is 271 g/mol. The number of aryl methyl sites for hydroxylation is 2. The van der Waals surface area contributed by atoms with Crippen LogP contribution >= 0.6 is 0 Å². The van der Waals surface area contributed by atoms with Crippen LogP contribution in [0.25, 0.3) is 0 Å². The predicted octanol–water partition coefficient (Wildman–Crippen LogP) is 2.84. The summed E-state index contributed by atoms with van der Waals surface area (Å²) >= 11 is 0. The zero-order valence-corrected chi connectivity index (χ0v) is 12.2. The fourth-order valence-electron chi connectivity index (χ4n) is 2.24. The smallest absolute Gasteiger partial charge is 0.225 e. The Balaban J connectivity index is 2.03. The molecule has 0 aliphatic rings. The number of carbonyl (C=O) groups excluding carboxylic acids is 1. The Morgan fingerprint density at radius 2 is 2.20 bits per heavy atom. The number of carbonyl (C=O) groups is 1. The van der Waals surface area contributed by atoms with Crippen molar-refractivity contribution in [2.24, 2.45) is 0 Å². The number of hydrogen-bond acceptors (Lipinski definition) is 2. The second-order valence-electron chi connectivity index (χ2n) is 5.11. The number of nitrogens with one attached hydrogen (secondary N) is 2. The molecule has 0 fully saturated rings. The van der Waals surface area contributed by atoms with Gasteiger partial charge in [0.1, 0.15) is 5.82 Å². The van der Waals surface area contributed by atoms with Gasteiger partial charge in [0, 0.05) is 12.4 Å². The Kier molecular flexibility index (Phi) is 4.56. The summed E-state index contributed by atoms with van der Waals surface area (Å²) in [5.41, 5.74) is 3.41. The van der Waals surface area contributed by atoms with Crippen molar-refractivity contribution < 1.29 is 4.79 Å². The van der Waals surface area contributed by atoms with E-state index in [1.807, 2.05) is 20.8 Å². The number of imidazole rings is 1. The maximum atomic E-state index is 12.2. The van der Waals surface area contributed by atoms with Crippen LogP contribution in [0.4, 0.5) is 0 Å². The van der Waals surface area contributed by atoms with Crippen molar-refractivity contribution in [3.8, 4) is 0 Å². The fraction of sp³-hybridized carbons (Fsp3) is 0.375. The number of aromatic nitrogens is 2. The van der Waals surface area contributed by atoms with Crippen molar-refractivity contribution in [1.29, 1.82) is 0 Å². The van der Waals surface area contributed by atoms with E-state index >= 15 is 0 Å². The number of aromatic amines is 1. The third-order valence-corrected chi connectivity index (χ3v) is 3.45. The number of H-pyrrole nitrogens is 1. The van der Waals surface area contributed by atoms with Gasteiger partial charge < -0.3 is 10.3 Å². The molecule has 4 heteroatoms. The lowest BCUT2D eigenvalue weighted by molar-refractivity contribution is -0.121. The molecule has 1 atom stereocenters. The van der Waals surface area contributed by atoms with Gasteiger partial charge in [-0.2, -0.15) is 0 Å². The van der Waals surface area contributed by atoms with Gasteiger partial charge >= 0.3 is 0 Å². The summed E-state index contributed by atoms with van der Waals surface area (Å²) in [5.74, 6) is 0.837. The summed E-state index contributed by atoms with van der Waals surface area (Å²) in [4.78, 5) is 19.4. The number of benzene rings is 1. The van der Waals surface area contributed by atoms with Crippen LogP contribution < -0.4 is 5.32 Å². The van der Waals surface area contributed by atoms with Gasteiger partial charge in [0.15, 0.2) is 0 Å². The first-order valence-corrected chi connectivity index (χ1v) is 6.95. The van der Waals surface area contributed by atoms with E-state index in [9.17, 15) is 4.79 Å². The van der Waals surface area contributed by atoms with Crippen LogP contribution in [0.1, 0.15) is 41.9 Å². The Morgan fingerprint density at radius 1 is 1.40 bits per heavy atom. The maximum absolute atomic E-state index is 12.2. The topological polar surface area (TPSA) is 57.8 Å². The molecule has 0 spiro atoms. The molecule has 2 rings (SSSR count). The summed E-state index contributed by atoms with van der Waals surface area (Å²) in [5, 5.41) is 3.03. The van der Waals surface area contributed by atoms with E-state index in [0.29, 0.717) is 6.42 Å². The zero-order chi connectivity index (χ0) is 14.5. The quantitative estimate of drug-likeness (QED) is 0.878. The molecule has 2 N–H and O–H groups in total. The molecule has 0 saturated carbocycles. The minimum Gasteiger partial charge on any atom is -0.347 e. The van der Waals surface area contributed by atoms with Crippen molar-refractivity contribution in [3.05, 3.63) is 53.1 Å². The maximum Gasteiger partial charge on any atom is 0.225 e. The average Bonchev–Trinajstić information content (AvgIpc) is 2.94. The normalized spacial score (nSPS) is 12.2. The summed E-state index contributed by atoms with van der Waals surface area (Å²) < 4.78 is 0. The highest BCUT2D eigenvalue weighted by atomic mass is 16.1. The van der Waals surface area contributed by atoms with Crippen LogP contribution in [0, 0.1) is 13.8 Å². The number of rotatable bonds is 5. The molecule has 1 unspecified atom stereocenters. The summed E-state index contributed by atoms with van der Waals surface area (Å²) in [6.07, 6.45) is 4.69. The number of nitrogens with zero attached hydrogens (tertiary/aromatic N) is 1. The molecule has 4 nitrogen and oxygen atoms in total. The standard InChI is InChI=1S/C16H21N3O/c1-4-14(16-17-7-8-18-16)19-15(20)10-13-9-11(2)5-6-12(13)3/h5-9,14H,4,10H2,1-3H3,(H,17,18)(H,19,20). The van der Waals surface area contributed by atoms with E-state index < -0.39 is 0 Å². The van der Waals surface area contributed by atoms with Gasteiger partial charge in [-0.05, 0) is 31.4 Å². The summed E-state index contributed by atoms with van der Waals surface area (Å²) in [6, 6.07) is 6.14. The van der Waals surface area contributed by atoms with E-state index in [-0.39, 0.29) is 11.9 Å². The van der Waals surface area contributed by atoms with Crippen molar-refractivity contribution in [2.75, 3.05) is 0 Å². The van der Waals surface area contributed by atoms with E-state index in [4.69, 9.17) is 0 Å². The molecule has 20 heavy (non-hydrogen) atoms. The van der Waals surface area contributed by atoms with Crippen molar-refractivity contribution in [2.45, 2.75) is 39.7 Å². The summed E-state index contributed by atoms with van der Waals surface area (Å²) in [6.45, 7) is 6.11. The Hall–Kier alpha value is -2.10. The second kappa shape index (κ2) is 6.37. The Labute approximate surface area is 119 Å². The molecule has 0 bridgehead atoms. The first-order chi connectivity index (χ1) is 9.60. The van der Waals surface area contributed by atoms with Crippen LogP contribution in [0.15, 0.2) is 30.6 Å². The van der Waals surface area contributed by atoms with Gasteiger partial charge in [-0.25, -0.2) is 4.98 Å². The van der Waals surface area contributed by atoms with Crippen LogP contribution in [0.2, 0.25) is 0 Å². The SMILES string of the molecule is CCC(NC(=O)Cc1cc(C)ccc1C)c1ncc[nH]1. The molecular weight excluding hydrogens is 250 g/mol.